The molecule has 0 spiro atoms. The third-order valence-corrected chi connectivity index (χ3v) is 4.47. The van der Waals surface area contributed by atoms with E-state index in [1.165, 1.54) is 6.07 Å². The summed E-state index contributed by atoms with van der Waals surface area (Å²) in [4.78, 5) is 2.05. The molecule has 0 bridgehead atoms. The van der Waals surface area contributed by atoms with Gasteiger partial charge in [-0.25, -0.2) is 8.42 Å². The fourth-order valence-electron chi connectivity index (χ4n) is 1.95. The first-order valence-corrected chi connectivity index (χ1v) is 8.60. The van der Waals surface area contributed by atoms with Gasteiger partial charge in [0.25, 0.3) is 0 Å². The topological polar surface area (TPSA) is 85.0 Å². The number of hydrogen-bond donors (Lipinski definition) is 0. The minimum absolute atomic E-state index is 0.189. The van der Waals surface area contributed by atoms with Gasteiger partial charge in [-0.1, -0.05) is 17.7 Å². The molecule has 7 heteroatoms. The maximum absolute atomic E-state index is 11.8. The van der Waals surface area contributed by atoms with E-state index in [9.17, 15) is 8.42 Å². The van der Waals surface area contributed by atoms with Crippen molar-refractivity contribution in [1.29, 1.82) is 10.5 Å². The molecule has 0 fully saturated rings. The molecule has 0 aromatic heterocycles. The van der Waals surface area contributed by atoms with E-state index in [1.54, 1.807) is 12.1 Å². The van der Waals surface area contributed by atoms with Crippen molar-refractivity contribution in [3.63, 3.8) is 0 Å². The van der Waals surface area contributed by atoms with Crippen molar-refractivity contribution in [2.45, 2.75) is 24.3 Å². The molecule has 5 nitrogen and oxygen atoms in total. The van der Waals surface area contributed by atoms with E-state index < -0.39 is 9.84 Å². The molecule has 0 amide bonds. The van der Waals surface area contributed by atoms with E-state index in [4.69, 9.17) is 22.1 Å². The Balaban J connectivity index is 3.08. The first kappa shape index (κ1) is 17.5. The first-order valence-electron chi connectivity index (χ1n) is 6.34. The number of rotatable bonds is 7. The lowest BCUT2D eigenvalue weighted by atomic mass is 10.2. The SMILES string of the molecule is CS(=O)(=O)c1cccc(Cl)c1CN(CCC#N)CCC#N. The van der Waals surface area contributed by atoms with Crippen LogP contribution in [0.25, 0.3) is 0 Å². The van der Waals surface area contributed by atoms with E-state index in [2.05, 4.69) is 0 Å². The summed E-state index contributed by atoms with van der Waals surface area (Å²) in [5.41, 5.74) is 0.512. The molecule has 21 heavy (non-hydrogen) atoms. The van der Waals surface area contributed by atoms with E-state index in [1.807, 2.05) is 17.0 Å². The van der Waals surface area contributed by atoms with Crippen LogP contribution < -0.4 is 0 Å². The highest BCUT2D eigenvalue weighted by Crippen LogP contribution is 2.25. The zero-order valence-electron chi connectivity index (χ0n) is 11.7. The van der Waals surface area contributed by atoms with Crippen LogP contribution in [0.3, 0.4) is 0 Å². The van der Waals surface area contributed by atoms with Crippen LogP contribution in [0, 0.1) is 22.7 Å². The quantitative estimate of drug-likeness (QED) is 0.768. The Morgan fingerprint density at radius 1 is 1.19 bits per heavy atom. The molecule has 0 aliphatic heterocycles. The van der Waals surface area contributed by atoms with E-state index in [0.29, 0.717) is 43.1 Å². The molecule has 0 heterocycles. The summed E-state index contributed by atoms with van der Waals surface area (Å²) in [6, 6.07) is 8.84. The molecule has 0 saturated carbocycles. The Kier molecular flexibility index (Phi) is 6.64. The Labute approximate surface area is 130 Å². The van der Waals surface area contributed by atoms with E-state index >= 15 is 0 Å². The lowest BCUT2D eigenvalue weighted by Gasteiger charge is -2.22. The standard InChI is InChI=1S/C14H16ClN3O2S/c1-21(19,20)14-6-2-5-13(15)12(14)11-18(9-3-7-16)10-4-8-17/h2,5-6H,3-4,9-11H2,1H3. The smallest absolute Gasteiger partial charge is 0.175 e. The first-order chi connectivity index (χ1) is 9.90. The van der Waals surface area contributed by atoms with Crippen LogP contribution >= 0.6 is 11.6 Å². The van der Waals surface area contributed by atoms with Gasteiger partial charge in [0.15, 0.2) is 9.84 Å². The predicted octanol–water partition coefficient (Wildman–Crippen LogP) is 2.37. The second-order valence-electron chi connectivity index (χ2n) is 4.58. The Morgan fingerprint density at radius 2 is 1.76 bits per heavy atom. The molecule has 0 saturated heterocycles. The van der Waals surface area contributed by atoms with Crippen LogP contribution in [0.4, 0.5) is 0 Å². The normalized spacial score (nSPS) is 11.1. The largest absolute Gasteiger partial charge is 0.297 e. The number of hydrogen-bond acceptors (Lipinski definition) is 5. The summed E-state index contributed by atoms with van der Waals surface area (Å²) >= 11 is 6.13. The van der Waals surface area contributed by atoms with E-state index in [0.717, 1.165) is 6.26 Å². The summed E-state index contributed by atoms with van der Waals surface area (Å²) in [6.07, 6.45) is 1.76. The van der Waals surface area contributed by atoms with Crippen LogP contribution in [0.1, 0.15) is 18.4 Å². The van der Waals surface area contributed by atoms with Crippen LogP contribution in [0.2, 0.25) is 5.02 Å². The number of nitriles is 2. The van der Waals surface area contributed by atoms with Crippen molar-refractivity contribution in [3.8, 4) is 12.1 Å². The third-order valence-electron chi connectivity index (χ3n) is 2.94. The van der Waals surface area contributed by atoms with Crippen molar-refractivity contribution in [3.05, 3.63) is 28.8 Å². The predicted molar refractivity (Wildman–Crippen MR) is 80.3 cm³/mol. The second-order valence-corrected chi connectivity index (χ2v) is 6.97. The van der Waals surface area contributed by atoms with Gasteiger partial charge in [0.1, 0.15) is 0 Å². The number of nitrogens with zero attached hydrogens (tertiary/aromatic N) is 3. The second kappa shape index (κ2) is 7.99. The van der Waals surface area contributed by atoms with Gasteiger partial charge in [0.2, 0.25) is 0 Å². The van der Waals surface area contributed by atoms with Gasteiger partial charge in [-0.15, -0.1) is 0 Å². The van der Waals surface area contributed by atoms with E-state index in [-0.39, 0.29) is 4.90 Å². The highest BCUT2D eigenvalue weighted by atomic mass is 35.5. The average molecular weight is 326 g/mol. The van der Waals surface area contributed by atoms with Crippen LogP contribution in [0.15, 0.2) is 23.1 Å². The highest BCUT2D eigenvalue weighted by Gasteiger charge is 2.18. The zero-order valence-corrected chi connectivity index (χ0v) is 13.3. The third kappa shape index (κ3) is 5.35. The summed E-state index contributed by atoms with van der Waals surface area (Å²) < 4.78 is 23.7. The van der Waals surface area contributed by atoms with Crippen molar-refractivity contribution >= 4 is 21.4 Å². The molecule has 0 N–H and O–H groups in total. The maximum atomic E-state index is 11.8. The summed E-state index contributed by atoms with van der Waals surface area (Å²) in [6.45, 7) is 1.23. The molecule has 1 aromatic carbocycles. The summed E-state index contributed by atoms with van der Waals surface area (Å²) in [5, 5.41) is 17.7. The number of benzene rings is 1. The molecule has 0 radical (unpaired) electrons. The fourth-order valence-corrected chi connectivity index (χ4v) is 3.19. The van der Waals surface area contributed by atoms with Gasteiger partial charge in [-0.3, -0.25) is 4.90 Å². The van der Waals surface area contributed by atoms with Gasteiger partial charge in [-0.05, 0) is 12.1 Å². The molecule has 1 rings (SSSR count). The lowest BCUT2D eigenvalue weighted by Crippen LogP contribution is -2.26. The molecule has 112 valence electrons. The van der Waals surface area contributed by atoms with Crippen LogP contribution in [0.5, 0.6) is 0 Å². The lowest BCUT2D eigenvalue weighted by molar-refractivity contribution is 0.276. The zero-order chi connectivity index (χ0) is 15.9. The Morgan fingerprint density at radius 3 is 2.24 bits per heavy atom. The summed E-state index contributed by atoms with van der Waals surface area (Å²) in [7, 11) is -3.38. The molecular formula is C14H16ClN3O2S. The van der Waals surface area contributed by atoms with Crippen LogP contribution in [-0.2, 0) is 16.4 Å². The van der Waals surface area contributed by atoms with Gasteiger partial charge < -0.3 is 0 Å². The highest BCUT2D eigenvalue weighted by molar-refractivity contribution is 7.90. The average Bonchev–Trinajstić information content (AvgIpc) is 2.42. The van der Waals surface area contributed by atoms with Gasteiger partial charge >= 0.3 is 0 Å². The maximum Gasteiger partial charge on any atom is 0.175 e. The Bertz CT molecular complexity index is 656. The fraction of sp³-hybridized carbons (Fsp3) is 0.429. The molecule has 0 aliphatic rings. The summed E-state index contributed by atoms with van der Waals surface area (Å²) in [5.74, 6) is 0. The van der Waals surface area contributed by atoms with Crippen molar-refractivity contribution in [2.24, 2.45) is 0 Å². The number of sulfone groups is 1. The Hall–Kier alpha value is -1.60. The molecular weight excluding hydrogens is 310 g/mol. The molecule has 0 aliphatic carbocycles. The van der Waals surface area contributed by atoms with Crippen molar-refractivity contribution in [1.82, 2.24) is 4.90 Å². The molecule has 0 unspecified atom stereocenters. The van der Waals surface area contributed by atoms with Gasteiger partial charge in [0.05, 0.1) is 17.0 Å². The number of halogens is 1. The minimum atomic E-state index is -3.38. The van der Waals surface area contributed by atoms with Gasteiger partial charge in [-0.2, -0.15) is 10.5 Å². The van der Waals surface area contributed by atoms with Crippen molar-refractivity contribution in [2.75, 3.05) is 19.3 Å². The molecule has 1 aromatic rings. The minimum Gasteiger partial charge on any atom is -0.297 e. The van der Waals surface area contributed by atoms with Gasteiger partial charge in [0, 0.05) is 49.3 Å². The van der Waals surface area contributed by atoms with Crippen LogP contribution in [-0.4, -0.2) is 32.7 Å². The molecule has 0 atom stereocenters. The van der Waals surface area contributed by atoms with Crippen molar-refractivity contribution < 1.29 is 8.42 Å². The monoisotopic (exact) mass is 325 g/mol.